The first-order chi connectivity index (χ1) is 4.84. The molecule has 0 aromatic carbocycles. The third-order valence-electron chi connectivity index (χ3n) is 0.967. The average Bonchev–Trinajstić information content (AvgIpc) is 2.05. The van der Waals surface area contributed by atoms with Crippen molar-refractivity contribution in [1.82, 2.24) is 10.2 Å². The molecule has 0 unspecified atom stereocenters. The number of carbonyl (C=O) groups is 1. The maximum Gasteiger partial charge on any atom is 0.358 e. The summed E-state index contributed by atoms with van der Waals surface area (Å²) < 4.78 is 4.39. The molecule has 1 heterocycles. The monoisotopic (exact) mass is 138 g/mol. The topological polar surface area (TPSA) is 52.1 Å². The minimum absolute atomic E-state index is 0.227. The fourth-order valence-corrected chi connectivity index (χ4v) is 0.515. The van der Waals surface area contributed by atoms with Gasteiger partial charge in [0.25, 0.3) is 0 Å². The van der Waals surface area contributed by atoms with Crippen LogP contribution >= 0.6 is 0 Å². The Balaban J connectivity index is 2.85. The number of carbonyl (C=O) groups excluding carboxylic acids is 1. The van der Waals surface area contributed by atoms with Crippen LogP contribution in [0.15, 0.2) is 18.3 Å². The van der Waals surface area contributed by atoms with E-state index in [4.69, 9.17) is 0 Å². The third-order valence-corrected chi connectivity index (χ3v) is 0.967. The quantitative estimate of drug-likeness (QED) is 0.522. The molecule has 4 nitrogen and oxygen atoms in total. The van der Waals surface area contributed by atoms with E-state index < -0.39 is 5.97 Å². The van der Waals surface area contributed by atoms with Crippen LogP contribution in [0.25, 0.3) is 0 Å². The third kappa shape index (κ3) is 1.28. The Kier molecular flexibility index (Phi) is 1.94. The molecule has 10 heavy (non-hydrogen) atoms. The smallest absolute Gasteiger partial charge is 0.358 e. The minimum Gasteiger partial charge on any atom is -0.464 e. The van der Waals surface area contributed by atoms with Crippen LogP contribution in [0.2, 0.25) is 0 Å². The molecule has 1 aromatic heterocycles. The predicted octanol–water partition coefficient (Wildman–Crippen LogP) is 0.263. The zero-order valence-corrected chi connectivity index (χ0v) is 5.44. The van der Waals surface area contributed by atoms with Crippen molar-refractivity contribution >= 4 is 5.97 Å². The van der Waals surface area contributed by atoms with Gasteiger partial charge in [0.1, 0.15) is 0 Å². The highest BCUT2D eigenvalue weighted by Crippen LogP contribution is 1.91. The van der Waals surface area contributed by atoms with Gasteiger partial charge in [0, 0.05) is 6.20 Å². The summed E-state index contributed by atoms with van der Waals surface area (Å²) in [4.78, 5) is 10.7. The molecule has 0 radical (unpaired) electrons. The summed E-state index contributed by atoms with van der Waals surface area (Å²) in [6.07, 6.45) is 1.49. The highest BCUT2D eigenvalue weighted by molar-refractivity contribution is 5.86. The molecule has 0 aliphatic heterocycles. The summed E-state index contributed by atoms with van der Waals surface area (Å²) >= 11 is 0. The molecule has 0 spiro atoms. The molecular formula is C6H6N2O2. The number of esters is 1. The number of aromatic nitrogens is 2. The molecule has 0 atom stereocenters. The number of methoxy groups -OCH3 is 1. The van der Waals surface area contributed by atoms with Crippen molar-refractivity contribution in [3.63, 3.8) is 0 Å². The van der Waals surface area contributed by atoms with Crippen molar-refractivity contribution in [2.45, 2.75) is 0 Å². The lowest BCUT2D eigenvalue weighted by molar-refractivity contribution is 0.0592. The Morgan fingerprint density at radius 3 is 3.00 bits per heavy atom. The van der Waals surface area contributed by atoms with Gasteiger partial charge in [-0.2, -0.15) is 5.10 Å². The van der Waals surface area contributed by atoms with Crippen LogP contribution in [0.3, 0.4) is 0 Å². The molecule has 0 bridgehead atoms. The summed E-state index contributed by atoms with van der Waals surface area (Å²) in [7, 11) is 1.30. The maximum atomic E-state index is 10.7. The largest absolute Gasteiger partial charge is 0.464 e. The van der Waals surface area contributed by atoms with Gasteiger partial charge in [0.05, 0.1) is 7.11 Å². The molecule has 0 N–H and O–H groups in total. The first-order valence-electron chi connectivity index (χ1n) is 2.70. The molecule has 4 heteroatoms. The molecule has 52 valence electrons. The fourth-order valence-electron chi connectivity index (χ4n) is 0.515. The van der Waals surface area contributed by atoms with Crippen molar-refractivity contribution in [2.75, 3.05) is 7.11 Å². The summed E-state index contributed by atoms with van der Waals surface area (Å²) in [5.74, 6) is -0.465. The van der Waals surface area contributed by atoms with E-state index in [0.717, 1.165) is 0 Å². The number of hydrogen-bond acceptors (Lipinski definition) is 4. The predicted molar refractivity (Wildman–Crippen MR) is 33.4 cm³/mol. The van der Waals surface area contributed by atoms with Crippen LogP contribution in [0.1, 0.15) is 10.5 Å². The fraction of sp³-hybridized carbons (Fsp3) is 0.167. The normalized spacial score (nSPS) is 8.90. The molecule has 0 aliphatic rings. The van der Waals surface area contributed by atoms with Crippen LogP contribution in [0, 0.1) is 0 Å². The van der Waals surface area contributed by atoms with Gasteiger partial charge >= 0.3 is 5.97 Å². The van der Waals surface area contributed by atoms with E-state index in [1.807, 2.05) is 0 Å². The molecule has 1 rings (SSSR count). The highest BCUT2D eigenvalue weighted by atomic mass is 16.5. The van der Waals surface area contributed by atoms with Crippen molar-refractivity contribution < 1.29 is 9.53 Å². The molecular weight excluding hydrogens is 132 g/mol. The Bertz CT molecular complexity index is 222. The second-order valence-electron chi connectivity index (χ2n) is 1.60. The molecule has 1 aromatic rings. The van der Waals surface area contributed by atoms with Crippen LogP contribution in [-0.4, -0.2) is 23.3 Å². The van der Waals surface area contributed by atoms with Gasteiger partial charge in [-0.15, -0.1) is 5.10 Å². The van der Waals surface area contributed by atoms with E-state index >= 15 is 0 Å². The number of ether oxygens (including phenoxy) is 1. The lowest BCUT2D eigenvalue weighted by Gasteiger charge is -1.93. The van der Waals surface area contributed by atoms with Gasteiger partial charge in [-0.3, -0.25) is 0 Å². The van der Waals surface area contributed by atoms with Crippen molar-refractivity contribution in [2.24, 2.45) is 0 Å². The SMILES string of the molecule is COC(=O)c1cccnn1. The molecule has 0 aliphatic carbocycles. The van der Waals surface area contributed by atoms with E-state index in [1.54, 1.807) is 12.1 Å². The van der Waals surface area contributed by atoms with Crippen LogP contribution in [-0.2, 0) is 4.74 Å². The molecule has 0 fully saturated rings. The Morgan fingerprint density at radius 1 is 1.70 bits per heavy atom. The van der Waals surface area contributed by atoms with Crippen LogP contribution in [0.5, 0.6) is 0 Å². The van der Waals surface area contributed by atoms with E-state index in [-0.39, 0.29) is 5.69 Å². The van der Waals surface area contributed by atoms with E-state index in [1.165, 1.54) is 13.3 Å². The van der Waals surface area contributed by atoms with Gasteiger partial charge in [0.2, 0.25) is 0 Å². The second-order valence-corrected chi connectivity index (χ2v) is 1.60. The first-order valence-corrected chi connectivity index (χ1v) is 2.70. The van der Waals surface area contributed by atoms with E-state index in [9.17, 15) is 4.79 Å². The van der Waals surface area contributed by atoms with Crippen molar-refractivity contribution in [3.8, 4) is 0 Å². The Labute approximate surface area is 57.8 Å². The van der Waals surface area contributed by atoms with Crippen LogP contribution < -0.4 is 0 Å². The summed E-state index contributed by atoms with van der Waals surface area (Å²) in [6, 6.07) is 3.16. The number of rotatable bonds is 1. The Hall–Kier alpha value is -1.45. The maximum absolute atomic E-state index is 10.7. The molecule has 0 saturated heterocycles. The standard InChI is InChI=1S/C6H6N2O2/c1-10-6(9)5-3-2-4-7-8-5/h2-4H,1H3. The second kappa shape index (κ2) is 2.91. The Morgan fingerprint density at radius 2 is 2.50 bits per heavy atom. The van der Waals surface area contributed by atoms with Gasteiger partial charge < -0.3 is 4.74 Å². The van der Waals surface area contributed by atoms with Gasteiger partial charge in [-0.05, 0) is 12.1 Å². The molecule has 0 amide bonds. The van der Waals surface area contributed by atoms with Gasteiger partial charge in [-0.1, -0.05) is 0 Å². The highest BCUT2D eigenvalue weighted by Gasteiger charge is 2.04. The van der Waals surface area contributed by atoms with Crippen molar-refractivity contribution in [1.29, 1.82) is 0 Å². The zero-order chi connectivity index (χ0) is 7.40. The first kappa shape index (κ1) is 6.67. The van der Waals surface area contributed by atoms with Gasteiger partial charge in [0.15, 0.2) is 5.69 Å². The summed E-state index contributed by atoms with van der Waals surface area (Å²) in [5.41, 5.74) is 0.227. The summed E-state index contributed by atoms with van der Waals surface area (Å²) in [6.45, 7) is 0. The van der Waals surface area contributed by atoms with E-state index in [2.05, 4.69) is 14.9 Å². The number of hydrogen-bond donors (Lipinski definition) is 0. The summed E-state index contributed by atoms with van der Waals surface area (Å²) in [5, 5.41) is 7.03. The minimum atomic E-state index is -0.465. The zero-order valence-electron chi connectivity index (χ0n) is 5.44. The lowest BCUT2D eigenvalue weighted by atomic mass is 10.4. The lowest BCUT2D eigenvalue weighted by Crippen LogP contribution is -2.04. The van der Waals surface area contributed by atoms with E-state index in [0.29, 0.717) is 0 Å². The van der Waals surface area contributed by atoms with Crippen LogP contribution in [0.4, 0.5) is 0 Å². The van der Waals surface area contributed by atoms with Crippen molar-refractivity contribution in [3.05, 3.63) is 24.0 Å². The molecule has 0 saturated carbocycles. The average molecular weight is 138 g/mol. The number of nitrogens with zero attached hydrogens (tertiary/aromatic N) is 2. The van der Waals surface area contributed by atoms with Gasteiger partial charge in [-0.25, -0.2) is 4.79 Å².